The van der Waals surface area contributed by atoms with Crippen molar-refractivity contribution in [2.75, 3.05) is 0 Å². The van der Waals surface area contributed by atoms with Crippen LogP contribution in [0.15, 0.2) is 0 Å². The molecule has 0 spiro atoms. The van der Waals surface area contributed by atoms with E-state index in [2.05, 4.69) is 27.7 Å². The van der Waals surface area contributed by atoms with Gasteiger partial charge in [0, 0.05) is 0 Å². The second-order valence-corrected chi connectivity index (χ2v) is 4.90. The van der Waals surface area contributed by atoms with Crippen LogP contribution in [0.2, 0.25) is 0 Å². The Bertz CT molecular complexity index is 94.2. The summed E-state index contributed by atoms with van der Waals surface area (Å²) in [5.41, 5.74) is 0. The summed E-state index contributed by atoms with van der Waals surface area (Å²) < 4.78 is 0. The molecular formula is C13H28. The lowest BCUT2D eigenvalue weighted by atomic mass is 9.99. The minimum Gasteiger partial charge on any atom is -0.0651 e. The monoisotopic (exact) mass is 184 g/mol. The smallest absolute Gasteiger partial charge is 0.0445 e. The predicted molar refractivity (Wildman–Crippen MR) is 62.0 cm³/mol. The van der Waals surface area contributed by atoms with Gasteiger partial charge in [-0.15, -0.1) is 0 Å². The number of rotatable bonds is 8. The van der Waals surface area contributed by atoms with Crippen molar-refractivity contribution < 1.29 is 0 Å². The number of hydrogen-bond donors (Lipinski definition) is 0. The second-order valence-electron chi connectivity index (χ2n) is 4.90. The highest BCUT2D eigenvalue weighted by Gasteiger charge is 1.98. The van der Waals surface area contributed by atoms with Crippen molar-refractivity contribution in [3.63, 3.8) is 0 Å². The van der Waals surface area contributed by atoms with Gasteiger partial charge in [-0.3, -0.25) is 0 Å². The molecule has 1 atom stereocenters. The zero-order valence-corrected chi connectivity index (χ0v) is 10.1. The van der Waals surface area contributed by atoms with Crippen LogP contribution in [0.1, 0.15) is 72.6 Å². The van der Waals surface area contributed by atoms with E-state index in [1.165, 1.54) is 44.9 Å². The Hall–Kier alpha value is 0. The third-order valence-corrected chi connectivity index (χ3v) is 2.93. The van der Waals surface area contributed by atoms with Crippen LogP contribution in [0.25, 0.3) is 0 Å². The maximum Gasteiger partial charge on any atom is -0.0445 e. The summed E-state index contributed by atoms with van der Waals surface area (Å²) in [6.45, 7) is 9.30. The van der Waals surface area contributed by atoms with E-state index in [1.807, 2.05) is 0 Å². The molecule has 0 bridgehead atoms. The van der Waals surface area contributed by atoms with Crippen LogP contribution in [0.4, 0.5) is 0 Å². The SMILES string of the molecule is CCC(C)CCCCCCC(C)C. The van der Waals surface area contributed by atoms with E-state index in [1.54, 1.807) is 0 Å². The lowest BCUT2D eigenvalue weighted by Crippen LogP contribution is -1.92. The molecule has 1 unspecified atom stereocenters. The zero-order chi connectivity index (χ0) is 10.1. The van der Waals surface area contributed by atoms with E-state index in [9.17, 15) is 0 Å². The summed E-state index contributed by atoms with van der Waals surface area (Å²) in [6.07, 6.45) is 10.0. The molecule has 0 aliphatic rings. The van der Waals surface area contributed by atoms with Gasteiger partial charge >= 0.3 is 0 Å². The van der Waals surface area contributed by atoms with Crippen LogP contribution >= 0.6 is 0 Å². The molecule has 0 nitrogen and oxygen atoms in total. The maximum absolute atomic E-state index is 2.37. The highest BCUT2D eigenvalue weighted by molar-refractivity contribution is 4.52. The first-order valence-electron chi connectivity index (χ1n) is 6.16. The fourth-order valence-electron chi connectivity index (χ4n) is 1.60. The molecule has 0 aliphatic carbocycles. The Kier molecular flexibility index (Phi) is 8.59. The van der Waals surface area contributed by atoms with Crippen molar-refractivity contribution in [2.45, 2.75) is 72.6 Å². The molecule has 0 rings (SSSR count). The summed E-state index contributed by atoms with van der Waals surface area (Å²) in [6, 6.07) is 0. The van der Waals surface area contributed by atoms with Gasteiger partial charge in [0.05, 0.1) is 0 Å². The third-order valence-electron chi connectivity index (χ3n) is 2.93. The van der Waals surface area contributed by atoms with Gasteiger partial charge < -0.3 is 0 Å². The van der Waals surface area contributed by atoms with E-state index < -0.39 is 0 Å². The lowest BCUT2D eigenvalue weighted by Gasteiger charge is -2.08. The van der Waals surface area contributed by atoms with Crippen LogP contribution in [0, 0.1) is 11.8 Å². The molecule has 0 heteroatoms. The van der Waals surface area contributed by atoms with E-state index in [0.29, 0.717) is 0 Å². The topological polar surface area (TPSA) is 0 Å². The van der Waals surface area contributed by atoms with Crippen LogP contribution in [-0.2, 0) is 0 Å². The molecule has 0 aromatic rings. The molecule has 0 saturated carbocycles. The Labute approximate surface area is 85.1 Å². The standard InChI is InChI=1S/C13H28/c1-5-13(4)11-9-7-6-8-10-12(2)3/h12-13H,5-11H2,1-4H3. The first-order chi connectivity index (χ1) is 6.16. The average molecular weight is 184 g/mol. The first-order valence-corrected chi connectivity index (χ1v) is 6.16. The summed E-state index contributed by atoms with van der Waals surface area (Å²) in [5, 5.41) is 0. The minimum atomic E-state index is 0.898. The van der Waals surface area contributed by atoms with Gasteiger partial charge in [-0.25, -0.2) is 0 Å². The van der Waals surface area contributed by atoms with Crippen molar-refractivity contribution >= 4 is 0 Å². The van der Waals surface area contributed by atoms with Crippen molar-refractivity contribution in [1.82, 2.24) is 0 Å². The average Bonchev–Trinajstić information content (AvgIpc) is 2.10. The molecule has 0 heterocycles. The molecule has 0 aromatic carbocycles. The van der Waals surface area contributed by atoms with Crippen LogP contribution < -0.4 is 0 Å². The summed E-state index contributed by atoms with van der Waals surface area (Å²) >= 11 is 0. The molecule has 13 heavy (non-hydrogen) atoms. The number of hydrogen-bond acceptors (Lipinski definition) is 0. The van der Waals surface area contributed by atoms with Gasteiger partial charge in [0.1, 0.15) is 0 Å². The number of unbranched alkanes of at least 4 members (excludes halogenated alkanes) is 3. The molecular weight excluding hydrogens is 156 g/mol. The zero-order valence-electron chi connectivity index (χ0n) is 10.1. The van der Waals surface area contributed by atoms with E-state index in [4.69, 9.17) is 0 Å². The first kappa shape index (κ1) is 13.0. The highest BCUT2D eigenvalue weighted by atomic mass is 14.0. The molecule has 0 aliphatic heterocycles. The van der Waals surface area contributed by atoms with E-state index in [-0.39, 0.29) is 0 Å². The molecule has 0 saturated heterocycles. The van der Waals surface area contributed by atoms with Crippen LogP contribution in [0.5, 0.6) is 0 Å². The Morgan fingerprint density at radius 2 is 1.31 bits per heavy atom. The van der Waals surface area contributed by atoms with Gasteiger partial charge in [-0.2, -0.15) is 0 Å². The van der Waals surface area contributed by atoms with Crippen LogP contribution in [-0.4, -0.2) is 0 Å². The minimum absolute atomic E-state index is 0.898. The van der Waals surface area contributed by atoms with Crippen molar-refractivity contribution in [3.05, 3.63) is 0 Å². The van der Waals surface area contributed by atoms with Gasteiger partial charge in [0.15, 0.2) is 0 Å². The molecule has 80 valence electrons. The molecule has 0 fully saturated rings. The fourth-order valence-corrected chi connectivity index (χ4v) is 1.60. The molecule has 0 aromatic heterocycles. The normalized spacial score (nSPS) is 13.6. The fraction of sp³-hybridized carbons (Fsp3) is 1.00. The second kappa shape index (κ2) is 8.59. The van der Waals surface area contributed by atoms with Gasteiger partial charge in [-0.1, -0.05) is 72.6 Å². The summed E-state index contributed by atoms with van der Waals surface area (Å²) in [4.78, 5) is 0. The van der Waals surface area contributed by atoms with E-state index in [0.717, 1.165) is 11.8 Å². The van der Waals surface area contributed by atoms with Gasteiger partial charge in [0.25, 0.3) is 0 Å². The largest absolute Gasteiger partial charge is 0.0651 e. The predicted octanol–water partition coefficient (Wildman–Crippen LogP) is 5.03. The highest BCUT2D eigenvalue weighted by Crippen LogP contribution is 2.14. The summed E-state index contributed by atoms with van der Waals surface area (Å²) in [7, 11) is 0. The Balaban J connectivity index is 2.99. The Morgan fingerprint density at radius 1 is 0.769 bits per heavy atom. The Morgan fingerprint density at radius 3 is 1.77 bits per heavy atom. The van der Waals surface area contributed by atoms with Gasteiger partial charge in [0.2, 0.25) is 0 Å². The molecule has 0 amide bonds. The third kappa shape index (κ3) is 9.92. The van der Waals surface area contributed by atoms with Crippen molar-refractivity contribution in [1.29, 1.82) is 0 Å². The van der Waals surface area contributed by atoms with Crippen molar-refractivity contribution in [2.24, 2.45) is 11.8 Å². The molecule has 0 radical (unpaired) electrons. The molecule has 0 N–H and O–H groups in total. The van der Waals surface area contributed by atoms with Crippen LogP contribution in [0.3, 0.4) is 0 Å². The van der Waals surface area contributed by atoms with Gasteiger partial charge in [-0.05, 0) is 11.8 Å². The van der Waals surface area contributed by atoms with Crippen molar-refractivity contribution in [3.8, 4) is 0 Å². The summed E-state index contributed by atoms with van der Waals surface area (Å²) in [5.74, 6) is 1.85. The van der Waals surface area contributed by atoms with E-state index >= 15 is 0 Å². The lowest BCUT2D eigenvalue weighted by molar-refractivity contribution is 0.461. The maximum atomic E-state index is 2.37. The quantitative estimate of drug-likeness (QED) is 0.464.